The molecule has 0 aromatic heterocycles. The Labute approximate surface area is 284 Å². The van der Waals surface area contributed by atoms with Crippen LogP contribution in [0.25, 0.3) is 0 Å². The van der Waals surface area contributed by atoms with Crippen LogP contribution in [0.2, 0.25) is 10.0 Å². The van der Waals surface area contributed by atoms with Gasteiger partial charge in [0, 0.05) is 0 Å². The molecule has 6 heteroatoms. The molecule has 0 heterocycles. The average molecular weight is 703 g/mol. The van der Waals surface area contributed by atoms with E-state index in [0.717, 1.165) is 0 Å². The summed E-state index contributed by atoms with van der Waals surface area (Å²) < 4.78 is 0. The quantitative estimate of drug-likeness (QED) is 0.0271. The van der Waals surface area contributed by atoms with Crippen molar-refractivity contribution >= 4 is 29.7 Å². The Morgan fingerprint density at radius 1 is 0.381 bits per heavy atom. The van der Waals surface area contributed by atoms with E-state index in [-0.39, 0.29) is 17.1 Å². The van der Waals surface area contributed by atoms with E-state index in [0.29, 0.717) is 0 Å². The number of rotatable bonds is 34. The van der Waals surface area contributed by atoms with Gasteiger partial charge in [-0.15, -0.1) is 0 Å². The van der Waals surface area contributed by atoms with Crippen LogP contribution >= 0.6 is 17.9 Å². The smallest absolute Gasteiger partial charge is 0.338 e. The second kappa shape index (κ2) is 40.6. The predicted octanol–water partition coefficient (Wildman–Crippen LogP) is 14.6. The number of thiol groups is 1. The maximum atomic E-state index is 7.87. The molecule has 0 fully saturated rings. The zero-order chi connectivity index (χ0) is 31.2. The first-order valence-corrected chi connectivity index (χ1v) is 27.3. The van der Waals surface area contributed by atoms with Crippen molar-refractivity contribution in [2.24, 2.45) is 0 Å². The van der Waals surface area contributed by atoms with Crippen molar-refractivity contribution < 1.29 is 26.9 Å². The van der Waals surface area contributed by atoms with Crippen molar-refractivity contribution in [3.05, 3.63) is 0 Å². The maximum absolute atomic E-state index is 7.87. The fourth-order valence-electron chi connectivity index (χ4n) is 5.98. The number of unbranched alkanes of at least 4 members (excludes halogenated alkanes) is 30. The van der Waals surface area contributed by atoms with E-state index >= 15 is 0 Å². The van der Waals surface area contributed by atoms with E-state index < -0.39 is 5.69 Å². The van der Waals surface area contributed by atoms with E-state index in [1.165, 1.54) is 180 Å². The van der Waals surface area contributed by atoms with Gasteiger partial charge in [-0.1, -0.05) is 90.3 Å². The van der Waals surface area contributed by atoms with Gasteiger partial charge in [0.2, 0.25) is 5.69 Å². The van der Waals surface area contributed by atoms with Crippen molar-refractivity contribution in [2.45, 2.75) is 229 Å². The molecule has 0 radical (unpaired) electrons. The minimum absolute atomic E-state index is 0.143. The standard InChI is InChI=1S/2C18H37.H3O2PS2.Zn/c2*1-3-5-7-9-11-13-15-17-18-16-14-12-10-8-6-4-2;1-3(2,4)5;/h2*1,3-18H2,2H3;(H3,1,2,4,5);. The molecule has 0 spiro atoms. The first-order valence-electron chi connectivity index (χ1n) is 19.2. The molecule has 0 saturated heterocycles. The van der Waals surface area contributed by atoms with E-state index in [1.54, 1.807) is 35.7 Å². The Balaban J connectivity index is 0. The average Bonchev–Trinajstić information content (AvgIpc) is 2.94. The zero-order valence-electron chi connectivity index (χ0n) is 28.9. The summed E-state index contributed by atoms with van der Waals surface area (Å²) >= 11 is 6.93. The minimum atomic E-state index is -3.11. The van der Waals surface area contributed by atoms with Gasteiger partial charge in [0.15, 0.2) is 0 Å². The zero-order valence-corrected chi connectivity index (χ0v) is 34.5. The summed E-state index contributed by atoms with van der Waals surface area (Å²) in [6, 6.07) is 0. The molecule has 0 atom stereocenters. The fourth-order valence-corrected chi connectivity index (χ4v) is 9.69. The van der Waals surface area contributed by atoms with Gasteiger partial charge < -0.3 is 9.79 Å². The fraction of sp³-hybridized carbons (Fsp3) is 1.00. The van der Waals surface area contributed by atoms with Gasteiger partial charge in [-0.25, -0.2) is 0 Å². The third kappa shape index (κ3) is 54.1. The van der Waals surface area contributed by atoms with E-state index in [9.17, 15) is 0 Å². The summed E-state index contributed by atoms with van der Waals surface area (Å²) in [7, 11) is 0. The SMILES string of the molecule is CCCCCCCCCCCCCCCCC[CH2][Zn][CH2]CCCCCCCCCCCCCCCCC.OP(O)(=S)S. The molecule has 0 rings (SSSR count). The molecular weight excluding hydrogens is 625 g/mol. The Kier molecular flexibility index (Phi) is 44.1. The Hall–Kier alpha value is 1.54. The Morgan fingerprint density at radius 2 is 0.524 bits per heavy atom. The third-order valence-electron chi connectivity index (χ3n) is 8.71. The van der Waals surface area contributed by atoms with Crippen LogP contribution in [0, 0.1) is 0 Å². The van der Waals surface area contributed by atoms with Crippen molar-refractivity contribution in [3.63, 3.8) is 0 Å². The summed E-state index contributed by atoms with van der Waals surface area (Å²) in [4.78, 5) is 15.7. The van der Waals surface area contributed by atoms with Crippen molar-refractivity contribution in [1.29, 1.82) is 0 Å². The van der Waals surface area contributed by atoms with Crippen LogP contribution in [0.4, 0.5) is 0 Å². The van der Waals surface area contributed by atoms with Gasteiger partial charge in [0.05, 0.1) is 0 Å². The van der Waals surface area contributed by atoms with Gasteiger partial charge in [-0.3, -0.25) is 0 Å². The molecule has 42 heavy (non-hydrogen) atoms. The van der Waals surface area contributed by atoms with E-state index in [4.69, 9.17) is 9.79 Å². The molecule has 2 nitrogen and oxygen atoms in total. The van der Waals surface area contributed by atoms with Gasteiger partial charge >= 0.3 is 168 Å². The summed E-state index contributed by atoms with van der Waals surface area (Å²) in [5.41, 5.74) is -3.11. The molecule has 0 amide bonds. The second-order valence-corrected chi connectivity index (χ2v) is 22.7. The van der Waals surface area contributed by atoms with Crippen molar-refractivity contribution in [1.82, 2.24) is 0 Å². The van der Waals surface area contributed by atoms with Crippen LogP contribution in [-0.4, -0.2) is 9.79 Å². The van der Waals surface area contributed by atoms with E-state index in [2.05, 4.69) is 37.9 Å². The molecule has 0 aliphatic carbocycles. The number of hydrogen-bond acceptors (Lipinski definition) is 1. The predicted molar refractivity (Wildman–Crippen MR) is 196 cm³/mol. The van der Waals surface area contributed by atoms with Gasteiger partial charge in [0.1, 0.15) is 0 Å². The molecule has 0 aromatic rings. The van der Waals surface area contributed by atoms with Crippen LogP contribution in [0.15, 0.2) is 0 Å². The van der Waals surface area contributed by atoms with Crippen LogP contribution in [-0.2, 0) is 28.9 Å². The Morgan fingerprint density at radius 3 is 0.690 bits per heavy atom. The van der Waals surface area contributed by atoms with Crippen LogP contribution in [0.5, 0.6) is 0 Å². The summed E-state index contributed by atoms with van der Waals surface area (Å²) in [6.07, 6.45) is 47.9. The minimum Gasteiger partial charge on any atom is -0.338 e. The second-order valence-electron chi connectivity index (χ2n) is 13.2. The Bertz CT molecular complexity index is 476. The summed E-state index contributed by atoms with van der Waals surface area (Å²) in [5, 5.41) is 3.37. The molecule has 0 unspecified atom stereocenters. The van der Waals surface area contributed by atoms with Crippen molar-refractivity contribution in [3.8, 4) is 0 Å². The molecule has 0 aliphatic rings. The normalized spacial score (nSPS) is 11.4. The molecule has 0 aromatic carbocycles. The van der Waals surface area contributed by atoms with Gasteiger partial charge in [0.25, 0.3) is 0 Å². The monoisotopic (exact) mass is 700 g/mol. The third-order valence-corrected chi connectivity index (χ3v) is 12.9. The topological polar surface area (TPSA) is 40.5 Å². The van der Waals surface area contributed by atoms with Gasteiger partial charge in [-0.2, -0.15) is 0 Å². The molecule has 0 saturated carbocycles. The van der Waals surface area contributed by atoms with Crippen LogP contribution in [0.1, 0.15) is 219 Å². The number of hydrogen-bond donors (Lipinski definition) is 3. The summed E-state index contributed by atoms with van der Waals surface area (Å²) in [6.45, 7) is 4.62. The van der Waals surface area contributed by atoms with Gasteiger partial charge in [-0.05, 0) is 11.8 Å². The summed E-state index contributed by atoms with van der Waals surface area (Å²) in [5.74, 6) is 0. The van der Waals surface area contributed by atoms with Crippen LogP contribution in [0.3, 0.4) is 0 Å². The van der Waals surface area contributed by atoms with E-state index in [1.807, 2.05) is 0 Å². The van der Waals surface area contributed by atoms with Crippen molar-refractivity contribution in [2.75, 3.05) is 0 Å². The first kappa shape index (κ1) is 45.7. The molecular formula is C36H77O2PS2Zn. The first-order chi connectivity index (χ1) is 20.4. The van der Waals surface area contributed by atoms with Crippen LogP contribution < -0.4 is 0 Å². The molecule has 0 bridgehead atoms. The molecule has 252 valence electrons. The molecule has 2 N–H and O–H groups in total. The molecule has 0 aliphatic heterocycles.